The molecule has 0 saturated carbocycles. The molecule has 0 atom stereocenters. The first-order valence-corrected chi connectivity index (χ1v) is 7.76. The quantitative estimate of drug-likeness (QED) is 0.753. The van der Waals surface area contributed by atoms with Crippen LogP contribution in [0.15, 0.2) is 41.2 Å². The van der Waals surface area contributed by atoms with Crippen molar-refractivity contribution in [3.63, 3.8) is 0 Å². The highest BCUT2D eigenvalue weighted by molar-refractivity contribution is 6.31. The van der Waals surface area contributed by atoms with Gasteiger partial charge in [0.05, 0.1) is 23.1 Å². The Hall–Kier alpha value is -2.54. The van der Waals surface area contributed by atoms with Crippen LogP contribution in [0.25, 0.3) is 16.6 Å². The van der Waals surface area contributed by atoms with Gasteiger partial charge < -0.3 is 5.32 Å². The zero-order valence-electron chi connectivity index (χ0n) is 13.1. The molecule has 8 heteroatoms. The summed E-state index contributed by atoms with van der Waals surface area (Å²) in [4.78, 5) is 16.3. The average Bonchev–Trinajstić information content (AvgIpc) is 2.53. The van der Waals surface area contributed by atoms with E-state index < -0.39 is 24.5 Å². The third kappa shape index (κ3) is 3.32. The Labute approximate surface area is 145 Å². The number of halogens is 4. The van der Waals surface area contributed by atoms with E-state index in [9.17, 15) is 18.0 Å². The molecule has 0 unspecified atom stereocenters. The molecule has 2 aromatic carbocycles. The Kier molecular flexibility index (Phi) is 4.67. The van der Waals surface area contributed by atoms with E-state index in [2.05, 4.69) is 10.3 Å². The normalized spacial score (nSPS) is 11.3. The summed E-state index contributed by atoms with van der Waals surface area (Å²) in [5.41, 5.74) is 0.699. The van der Waals surface area contributed by atoms with Gasteiger partial charge in [-0.15, -0.1) is 0 Å². The lowest BCUT2D eigenvalue weighted by Crippen LogP contribution is -2.25. The number of para-hydroxylation sites is 1. The van der Waals surface area contributed by atoms with E-state index in [1.807, 2.05) is 0 Å². The van der Waals surface area contributed by atoms with Crippen molar-refractivity contribution in [2.24, 2.45) is 0 Å². The molecule has 0 amide bonds. The largest absolute Gasteiger partial charge is 0.364 e. The molecule has 0 saturated heterocycles. The smallest absolute Gasteiger partial charge is 0.354 e. The van der Waals surface area contributed by atoms with Crippen molar-refractivity contribution < 1.29 is 13.2 Å². The standard InChI is InChI=1S/C17H13ClF3N3O/c1-9-4-2-3-5-12(9)24-13-7-10(18)6-11(19)15(13)16(23-17(24)25)22-8-14(20)21/h2-7,14H,8H2,1H3,(H,22,23,25). The zero-order valence-corrected chi connectivity index (χ0v) is 13.8. The van der Waals surface area contributed by atoms with Crippen LogP contribution in [-0.4, -0.2) is 22.5 Å². The molecule has 1 N–H and O–H groups in total. The molecule has 130 valence electrons. The minimum atomic E-state index is -2.67. The number of nitrogens with one attached hydrogen (secondary N) is 1. The second-order valence-corrected chi connectivity index (χ2v) is 5.86. The number of anilines is 1. The van der Waals surface area contributed by atoms with Gasteiger partial charge in [0.2, 0.25) is 0 Å². The first-order chi connectivity index (χ1) is 11.9. The maximum absolute atomic E-state index is 14.5. The SMILES string of the molecule is Cc1ccccc1-n1c(=O)nc(NCC(F)F)c2c(F)cc(Cl)cc21. The number of aryl methyl sites for hydroxylation is 1. The summed E-state index contributed by atoms with van der Waals surface area (Å²) in [7, 11) is 0. The predicted octanol–water partition coefficient (Wildman–Crippen LogP) is 4.16. The van der Waals surface area contributed by atoms with Crippen molar-refractivity contribution in [3.05, 3.63) is 63.3 Å². The first kappa shape index (κ1) is 17.3. The third-order valence-corrected chi connectivity index (χ3v) is 3.91. The molecule has 25 heavy (non-hydrogen) atoms. The lowest BCUT2D eigenvalue weighted by molar-refractivity contribution is 0.163. The Morgan fingerprint density at radius 1 is 1.28 bits per heavy atom. The van der Waals surface area contributed by atoms with Crippen LogP contribution < -0.4 is 11.0 Å². The van der Waals surface area contributed by atoms with Crippen molar-refractivity contribution in [2.75, 3.05) is 11.9 Å². The van der Waals surface area contributed by atoms with Gasteiger partial charge in [0.15, 0.2) is 0 Å². The Morgan fingerprint density at radius 2 is 2.00 bits per heavy atom. The van der Waals surface area contributed by atoms with Crippen LogP contribution in [0.2, 0.25) is 5.02 Å². The fourth-order valence-corrected chi connectivity index (χ4v) is 2.82. The summed E-state index contributed by atoms with van der Waals surface area (Å²) in [6.07, 6.45) is -2.67. The number of aromatic nitrogens is 2. The first-order valence-electron chi connectivity index (χ1n) is 7.38. The van der Waals surface area contributed by atoms with Crippen LogP contribution in [0.4, 0.5) is 19.0 Å². The minimum Gasteiger partial charge on any atom is -0.364 e. The van der Waals surface area contributed by atoms with Gasteiger partial charge in [-0.1, -0.05) is 29.8 Å². The summed E-state index contributed by atoms with van der Waals surface area (Å²) in [5.74, 6) is -0.992. The lowest BCUT2D eigenvalue weighted by atomic mass is 10.1. The molecule has 3 aromatic rings. The fourth-order valence-electron chi connectivity index (χ4n) is 2.62. The van der Waals surface area contributed by atoms with Crippen molar-refractivity contribution in [1.29, 1.82) is 0 Å². The van der Waals surface area contributed by atoms with Crippen LogP contribution >= 0.6 is 11.6 Å². The molecule has 0 aliphatic carbocycles. The van der Waals surface area contributed by atoms with E-state index in [-0.39, 0.29) is 21.7 Å². The van der Waals surface area contributed by atoms with Gasteiger partial charge in [-0.2, -0.15) is 4.98 Å². The van der Waals surface area contributed by atoms with E-state index >= 15 is 0 Å². The maximum atomic E-state index is 14.5. The van der Waals surface area contributed by atoms with Gasteiger partial charge in [0, 0.05) is 5.02 Å². The zero-order chi connectivity index (χ0) is 18.1. The Balaban J connectivity index is 2.36. The summed E-state index contributed by atoms with van der Waals surface area (Å²) in [6, 6.07) is 9.45. The molecule has 4 nitrogen and oxygen atoms in total. The number of rotatable bonds is 4. The number of fused-ring (bicyclic) bond motifs is 1. The third-order valence-electron chi connectivity index (χ3n) is 3.69. The van der Waals surface area contributed by atoms with Gasteiger partial charge in [-0.05, 0) is 30.7 Å². The summed E-state index contributed by atoms with van der Waals surface area (Å²) < 4.78 is 40.7. The van der Waals surface area contributed by atoms with Crippen molar-refractivity contribution in [2.45, 2.75) is 13.3 Å². The molecule has 0 fully saturated rings. The van der Waals surface area contributed by atoms with E-state index in [0.29, 0.717) is 5.69 Å². The van der Waals surface area contributed by atoms with Crippen LogP contribution in [0.5, 0.6) is 0 Å². The van der Waals surface area contributed by atoms with E-state index in [1.165, 1.54) is 10.6 Å². The molecular formula is C17H13ClF3N3O. The number of hydrogen-bond donors (Lipinski definition) is 1. The van der Waals surface area contributed by atoms with Crippen LogP contribution in [-0.2, 0) is 0 Å². The van der Waals surface area contributed by atoms with Crippen LogP contribution in [0.1, 0.15) is 5.56 Å². The van der Waals surface area contributed by atoms with E-state index in [4.69, 9.17) is 11.6 Å². The number of hydrogen-bond acceptors (Lipinski definition) is 3. The van der Waals surface area contributed by atoms with Gasteiger partial charge in [-0.25, -0.2) is 18.0 Å². The van der Waals surface area contributed by atoms with Crippen molar-refractivity contribution in [3.8, 4) is 5.69 Å². The molecule has 3 rings (SSSR count). The average molecular weight is 368 g/mol. The summed E-state index contributed by atoms with van der Waals surface area (Å²) in [5, 5.41) is 2.33. The van der Waals surface area contributed by atoms with Crippen molar-refractivity contribution >= 4 is 28.3 Å². The molecule has 0 spiro atoms. The lowest BCUT2D eigenvalue weighted by Gasteiger charge is -2.16. The Morgan fingerprint density at radius 3 is 2.68 bits per heavy atom. The molecule has 1 aromatic heterocycles. The maximum Gasteiger partial charge on any atom is 0.354 e. The van der Waals surface area contributed by atoms with Gasteiger partial charge in [-0.3, -0.25) is 4.57 Å². The van der Waals surface area contributed by atoms with Crippen LogP contribution in [0.3, 0.4) is 0 Å². The topological polar surface area (TPSA) is 46.9 Å². The second-order valence-electron chi connectivity index (χ2n) is 5.42. The highest BCUT2D eigenvalue weighted by Gasteiger charge is 2.18. The predicted molar refractivity (Wildman–Crippen MR) is 91.5 cm³/mol. The van der Waals surface area contributed by atoms with E-state index in [0.717, 1.165) is 11.6 Å². The Bertz CT molecular complexity index is 1000. The van der Waals surface area contributed by atoms with E-state index in [1.54, 1.807) is 31.2 Å². The molecule has 0 aliphatic heterocycles. The second kappa shape index (κ2) is 6.76. The summed E-state index contributed by atoms with van der Waals surface area (Å²) in [6.45, 7) is 1.04. The fraction of sp³-hybridized carbons (Fsp3) is 0.176. The van der Waals surface area contributed by atoms with Gasteiger partial charge >= 0.3 is 5.69 Å². The number of benzene rings is 2. The number of alkyl halides is 2. The van der Waals surface area contributed by atoms with Crippen LogP contribution in [0, 0.1) is 12.7 Å². The molecule has 0 aliphatic rings. The highest BCUT2D eigenvalue weighted by atomic mass is 35.5. The molecular weight excluding hydrogens is 355 g/mol. The van der Waals surface area contributed by atoms with Gasteiger partial charge in [0.25, 0.3) is 6.43 Å². The van der Waals surface area contributed by atoms with Gasteiger partial charge in [0.1, 0.15) is 11.6 Å². The monoisotopic (exact) mass is 367 g/mol. The van der Waals surface area contributed by atoms with Crippen molar-refractivity contribution in [1.82, 2.24) is 9.55 Å². The molecule has 0 bridgehead atoms. The minimum absolute atomic E-state index is 0.0760. The number of nitrogens with zero attached hydrogens (tertiary/aromatic N) is 2. The molecule has 0 radical (unpaired) electrons. The molecule has 1 heterocycles. The summed E-state index contributed by atoms with van der Waals surface area (Å²) >= 11 is 5.94. The highest BCUT2D eigenvalue weighted by Crippen LogP contribution is 2.29.